The molecule has 5 rings (SSSR count). The summed E-state index contributed by atoms with van der Waals surface area (Å²) in [4.78, 5) is 30.9. The fourth-order valence-corrected chi connectivity index (χ4v) is 6.32. The molecule has 252 valence electrons. The molecule has 4 aliphatic rings. The minimum Gasteiger partial charge on any atom is -0.460 e. The van der Waals surface area contributed by atoms with Crippen LogP contribution >= 0.6 is 0 Å². The van der Waals surface area contributed by atoms with Crippen molar-refractivity contribution in [1.82, 2.24) is 15.1 Å². The van der Waals surface area contributed by atoms with Crippen LogP contribution in [0.2, 0.25) is 0 Å². The van der Waals surface area contributed by atoms with Crippen LogP contribution in [0, 0.1) is 23.5 Å². The van der Waals surface area contributed by atoms with E-state index >= 15 is 0 Å². The first kappa shape index (κ1) is 33.8. The van der Waals surface area contributed by atoms with Crippen molar-refractivity contribution in [1.29, 1.82) is 0 Å². The number of carbonyl (C=O) groups excluding carboxylic acids is 1. The zero-order chi connectivity index (χ0) is 33.0. The van der Waals surface area contributed by atoms with Crippen molar-refractivity contribution in [2.24, 2.45) is 26.8 Å². The Hall–Kier alpha value is -3.54. The van der Waals surface area contributed by atoms with E-state index in [1.807, 2.05) is 11.1 Å². The van der Waals surface area contributed by atoms with Crippen molar-refractivity contribution in [2.45, 2.75) is 84.5 Å². The normalized spacial score (nSPS) is 24.2. The van der Waals surface area contributed by atoms with Crippen LogP contribution in [0.5, 0.6) is 0 Å². The summed E-state index contributed by atoms with van der Waals surface area (Å²) in [6.45, 7) is 15.8. The minimum atomic E-state index is -0.694. The predicted octanol–water partition coefficient (Wildman–Crippen LogP) is 5.50. The number of aliphatic imine (C=N–C) groups is 3. The van der Waals surface area contributed by atoms with Crippen LogP contribution in [0.4, 0.5) is 13.6 Å². The number of benzene rings is 1. The molecule has 3 atom stereocenters. The van der Waals surface area contributed by atoms with Crippen LogP contribution in [-0.4, -0.2) is 97.8 Å². The van der Waals surface area contributed by atoms with Gasteiger partial charge in [-0.05, 0) is 75.3 Å². The van der Waals surface area contributed by atoms with Gasteiger partial charge in [0.1, 0.15) is 23.8 Å². The van der Waals surface area contributed by atoms with Gasteiger partial charge in [0.25, 0.3) is 6.02 Å². The molecule has 1 amide bonds. The second-order valence-corrected chi connectivity index (χ2v) is 13.8. The van der Waals surface area contributed by atoms with Crippen LogP contribution in [-0.2, 0) is 14.2 Å². The highest BCUT2D eigenvalue weighted by atomic mass is 19.1. The van der Waals surface area contributed by atoms with Gasteiger partial charge in [-0.15, -0.1) is 0 Å². The lowest BCUT2D eigenvalue weighted by Gasteiger charge is -2.35. The Kier molecular flexibility index (Phi) is 10.6. The summed E-state index contributed by atoms with van der Waals surface area (Å²) in [5.41, 5.74) is 1.93. The van der Waals surface area contributed by atoms with E-state index in [9.17, 15) is 13.6 Å². The molecule has 4 heterocycles. The average Bonchev–Trinajstić information content (AvgIpc) is 3.43. The number of piperidine rings is 1. The monoisotopic (exact) mass is 642 g/mol. The van der Waals surface area contributed by atoms with Crippen molar-refractivity contribution in [3.8, 4) is 0 Å². The molecule has 4 aliphatic heterocycles. The van der Waals surface area contributed by atoms with Crippen molar-refractivity contribution in [2.75, 3.05) is 45.9 Å². The van der Waals surface area contributed by atoms with Crippen LogP contribution in [0.15, 0.2) is 44.4 Å². The molecule has 46 heavy (non-hydrogen) atoms. The first-order valence-corrected chi connectivity index (χ1v) is 16.5. The number of hydrogen-bond donors (Lipinski definition) is 1. The standard InChI is InChI=1S/C34H48F2N6O4/c1-7-23-20-45-32(40-30(23)21(2)3)41-12-10-25(11-13-41)44-19-22-15-37-31(38-16-22)42-17-27(26-14-24(35)8-9-28(26)36)29(18-42)39-33(43)46-34(4,5)6/h8-9,14-15,21-22,25,27,29H,7,10-13,16-20H2,1-6H3,(H,39,43). The van der Waals surface area contributed by atoms with Gasteiger partial charge in [-0.25, -0.2) is 23.6 Å². The quantitative estimate of drug-likeness (QED) is 0.422. The minimum absolute atomic E-state index is 0.0359. The number of amides is 1. The number of likely N-dealkylation sites (tertiary alicyclic amines) is 2. The number of carbonyl (C=O) groups is 1. The topological polar surface area (TPSA) is 100 Å². The smallest absolute Gasteiger partial charge is 0.407 e. The van der Waals surface area contributed by atoms with Gasteiger partial charge in [0.15, 0.2) is 0 Å². The summed E-state index contributed by atoms with van der Waals surface area (Å²) >= 11 is 0. The second kappa shape index (κ2) is 14.5. The highest BCUT2D eigenvalue weighted by Gasteiger charge is 2.39. The number of halogens is 2. The molecule has 12 heteroatoms. The van der Waals surface area contributed by atoms with E-state index < -0.39 is 35.3 Å². The fraction of sp³-hybridized carbons (Fsp3) is 0.647. The zero-order valence-corrected chi connectivity index (χ0v) is 27.9. The third-order valence-corrected chi connectivity index (χ3v) is 8.72. The molecule has 2 fully saturated rings. The molecule has 1 aromatic carbocycles. The molecule has 3 unspecified atom stereocenters. The van der Waals surface area contributed by atoms with Crippen LogP contribution in [0.1, 0.15) is 72.3 Å². The van der Waals surface area contributed by atoms with E-state index in [1.54, 1.807) is 20.8 Å². The van der Waals surface area contributed by atoms with Gasteiger partial charge in [-0.1, -0.05) is 20.8 Å². The summed E-state index contributed by atoms with van der Waals surface area (Å²) in [5, 5.41) is 2.86. The Balaban J connectivity index is 1.13. The van der Waals surface area contributed by atoms with Gasteiger partial charge in [0.05, 0.1) is 31.0 Å². The number of allylic oxidation sites excluding steroid dienone is 1. The van der Waals surface area contributed by atoms with Crippen LogP contribution in [0.25, 0.3) is 0 Å². The Morgan fingerprint density at radius 2 is 1.91 bits per heavy atom. The molecule has 0 aromatic heterocycles. The third-order valence-electron chi connectivity index (χ3n) is 8.72. The van der Waals surface area contributed by atoms with E-state index in [2.05, 4.69) is 36.0 Å². The lowest BCUT2D eigenvalue weighted by atomic mass is 9.94. The molecular formula is C34H48F2N6O4. The van der Waals surface area contributed by atoms with Crippen molar-refractivity contribution in [3.05, 3.63) is 46.7 Å². The third kappa shape index (κ3) is 8.43. The number of nitrogens with zero attached hydrogens (tertiary/aromatic N) is 5. The number of rotatable bonds is 7. The van der Waals surface area contributed by atoms with Crippen molar-refractivity contribution >= 4 is 24.3 Å². The SMILES string of the molecule is CCC1=C(C(C)C)N=C(N2CCC(OCC3C=NC(N4CC(NC(=O)OC(C)(C)C)C(c5cc(F)ccc5F)C4)=NC3)CC2)OC1. The van der Waals surface area contributed by atoms with Crippen LogP contribution in [0.3, 0.4) is 0 Å². The number of hydrogen-bond acceptors (Lipinski definition) is 9. The zero-order valence-electron chi connectivity index (χ0n) is 27.9. The van der Waals surface area contributed by atoms with Crippen LogP contribution < -0.4 is 5.32 Å². The Bertz CT molecular complexity index is 1380. The maximum atomic E-state index is 14.8. The first-order chi connectivity index (χ1) is 21.9. The molecule has 0 radical (unpaired) electrons. The van der Waals surface area contributed by atoms with E-state index in [-0.39, 0.29) is 17.6 Å². The predicted molar refractivity (Wildman–Crippen MR) is 174 cm³/mol. The molecule has 0 spiro atoms. The van der Waals surface area contributed by atoms with Crippen molar-refractivity contribution < 1.29 is 27.8 Å². The molecule has 0 bridgehead atoms. The van der Waals surface area contributed by atoms with E-state index in [1.165, 1.54) is 11.6 Å². The molecule has 0 aliphatic carbocycles. The molecule has 2 saturated heterocycles. The summed E-state index contributed by atoms with van der Waals surface area (Å²) in [6, 6.07) is 3.60. The average molecular weight is 643 g/mol. The van der Waals surface area contributed by atoms with Gasteiger partial charge >= 0.3 is 6.09 Å². The Labute approximate surface area is 271 Å². The Morgan fingerprint density at radius 1 is 1.15 bits per heavy atom. The first-order valence-electron chi connectivity index (χ1n) is 16.5. The molecule has 0 saturated carbocycles. The molecule has 1 aromatic rings. The van der Waals surface area contributed by atoms with Gasteiger partial charge in [-0.3, -0.25) is 4.99 Å². The van der Waals surface area contributed by atoms with Crippen molar-refractivity contribution in [3.63, 3.8) is 0 Å². The molecule has 1 N–H and O–H groups in total. The fourth-order valence-electron chi connectivity index (χ4n) is 6.32. The van der Waals surface area contributed by atoms with E-state index in [0.717, 1.165) is 56.2 Å². The summed E-state index contributed by atoms with van der Waals surface area (Å²) in [6.07, 6.45) is 4.13. The largest absolute Gasteiger partial charge is 0.460 e. The number of amidine groups is 1. The van der Waals surface area contributed by atoms with Gasteiger partial charge in [0, 0.05) is 44.2 Å². The van der Waals surface area contributed by atoms with Gasteiger partial charge in [0.2, 0.25) is 5.96 Å². The number of nitrogens with one attached hydrogen (secondary N) is 1. The highest BCUT2D eigenvalue weighted by molar-refractivity contribution is 5.90. The highest BCUT2D eigenvalue weighted by Crippen LogP contribution is 2.32. The van der Waals surface area contributed by atoms with Gasteiger partial charge in [-0.2, -0.15) is 0 Å². The van der Waals surface area contributed by atoms with Gasteiger partial charge < -0.3 is 29.3 Å². The van der Waals surface area contributed by atoms with E-state index in [4.69, 9.17) is 24.2 Å². The lowest BCUT2D eigenvalue weighted by Crippen LogP contribution is -2.43. The molecule has 10 nitrogen and oxygen atoms in total. The second-order valence-electron chi connectivity index (χ2n) is 13.8. The summed E-state index contributed by atoms with van der Waals surface area (Å²) < 4.78 is 46.7. The van der Waals surface area contributed by atoms with E-state index in [0.29, 0.717) is 44.7 Å². The maximum absolute atomic E-state index is 14.8. The Morgan fingerprint density at radius 3 is 2.57 bits per heavy atom. The summed E-state index contributed by atoms with van der Waals surface area (Å²) in [5.74, 6) is -0.661. The number of alkyl carbamates (subject to hydrolysis) is 1. The lowest BCUT2D eigenvalue weighted by molar-refractivity contribution is 0.00773. The number of guanidine groups is 1. The molecular weight excluding hydrogens is 594 g/mol. The maximum Gasteiger partial charge on any atom is 0.407 e. The number of ether oxygens (including phenoxy) is 3. The summed E-state index contributed by atoms with van der Waals surface area (Å²) in [7, 11) is 0.